The van der Waals surface area contributed by atoms with Crippen molar-refractivity contribution in [3.8, 4) is 0 Å². The van der Waals surface area contributed by atoms with Gasteiger partial charge in [0.15, 0.2) is 0 Å². The van der Waals surface area contributed by atoms with Crippen LogP contribution in [0.2, 0.25) is 0 Å². The minimum Gasteiger partial charge on any atom is -0.331 e. The molecular weight excluding hydrogens is 390 g/mol. The summed E-state index contributed by atoms with van der Waals surface area (Å²) in [5.74, 6) is 0.110. The number of halogens is 1. The molecule has 0 spiro atoms. The van der Waals surface area contributed by atoms with Gasteiger partial charge in [0.05, 0.1) is 24.7 Å². The number of nitrogens with one attached hydrogen (secondary N) is 2. The number of carbonyl (C=O) groups excluding carboxylic acids is 1. The predicted molar refractivity (Wildman–Crippen MR) is 108 cm³/mol. The third-order valence-electron chi connectivity index (χ3n) is 4.96. The molecule has 0 aliphatic carbocycles. The van der Waals surface area contributed by atoms with Crippen LogP contribution in [0.25, 0.3) is 0 Å². The van der Waals surface area contributed by atoms with E-state index in [0.29, 0.717) is 0 Å². The van der Waals surface area contributed by atoms with Crippen molar-refractivity contribution >= 4 is 27.5 Å². The van der Waals surface area contributed by atoms with Gasteiger partial charge in [-0.2, -0.15) is 5.10 Å². The Morgan fingerprint density at radius 2 is 1.77 bits per heavy atom. The average Bonchev–Trinajstić information content (AvgIpc) is 2.69. The molecule has 1 saturated heterocycles. The van der Waals surface area contributed by atoms with Crippen LogP contribution in [0.1, 0.15) is 30.9 Å². The van der Waals surface area contributed by atoms with E-state index in [0.717, 1.165) is 48.2 Å². The molecule has 0 bridgehead atoms. The molecule has 4 nitrogen and oxygen atoms in total. The summed E-state index contributed by atoms with van der Waals surface area (Å²) in [6.45, 7) is 4.98. The number of hydrogen-bond donors (Lipinski definition) is 2. The smallest absolute Gasteiger partial charge is 0.243 e. The van der Waals surface area contributed by atoms with E-state index in [1.165, 1.54) is 5.56 Å². The fourth-order valence-corrected chi connectivity index (χ4v) is 3.59. The number of benzene rings is 2. The van der Waals surface area contributed by atoms with E-state index < -0.39 is 0 Å². The highest BCUT2D eigenvalue weighted by atomic mass is 79.9. The standard InChI is InChI=1S/C21H24BrN3O/c1-16(18-5-3-2-4-6-18)23-24-21(26)19-11-13-25(14-12-19)15-17-7-9-20(22)10-8-17/h2-10,19H,11-15H2,1H3,(H,24,26)/p+1/b23-16-. The number of amides is 1. The van der Waals surface area contributed by atoms with Crippen molar-refractivity contribution in [2.24, 2.45) is 11.0 Å². The van der Waals surface area contributed by atoms with E-state index in [-0.39, 0.29) is 11.8 Å². The third kappa shape index (κ3) is 5.26. The second-order valence-corrected chi connectivity index (χ2v) is 7.78. The Morgan fingerprint density at radius 3 is 2.42 bits per heavy atom. The second-order valence-electron chi connectivity index (χ2n) is 6.87. The number of piperidine rings is 1. The summed E-state index contributed by atoms with van der Waals surface area (Å²) in [5, 5.41) is 4.27. The van der Waals surface area contributed by atoms with Crippen molar-refractivity contribution in [2.45, 2.75) is 26.3 Å². The van der Waals surface area contributed by atoms with Crippen LogP contribution < -0.4 is 10.3 Å². The van der Waals surface area contributed by atoms with Gasteiger partial charge in [-0.3, -0.25) is 4.79 Å². The zero-order valence-electron chi connectivity index (χ0n) is 15.0. The van der Waals surface area contributed by atoms with Gasteiger partial charge in [0.2, 0.25) is 5.91 Å². The van der Waals surface area contributed by atoms with Gasteiger partial charge in [0.25, 0.3) is 0 Å². The summed E-state index contributed by atoms with van der Waals surface area (Å²) < 4.78 is 1.11. The maximum atomic E-state index is 12.4. The Hall–Kier alpha value is -1.98. The highest BCUT2D eigenvalue weighted by molar-refractivity contribution is 9.10. The summed E-state index contributed by atoms with van der Waals surface area (Å²) in [7, 11) is 0. The van der Waals surface area contributed by atoms with Gasteiger partial charge in [-0.1, -0.05) is 58.4 Å². The number of hydrogen-bond acceptors (Lipinski definition) is 2. The molecule has 2 aromatic carbocycles. The molecule has 1 aliphatic rings. The van der Waals surface area contributed by atoms with Crippen molar-refractivity contribution in [1.82, 2.24) is 5.43 Å². The summed E-state index contributed by atoms with van der Waals surface area (Å²) >= 11 is 3.47. The molecule has 2 aromatic rings. The molecule has 3 rings (SSSR count). The van der Waals surface area contributed by atoms with Crippen LogP contribution in [0.3, 0.4) is 0 Å². The molecule has 0 aromatic heterocycles. The van der Waals surface area contributed by atoms with Gasteiger partial charge in [0, 0.05) is 22.9 Å². The summed E-state index contributed by atoms with van der Waals surface area (Å²) in [6.07, 6.45) is 1.83. The van der Waals surface area contributed by atoms with Crippen LogP contribution in [0, 0.1) is 5.92 Å². The van der Waals surface area contributed by atoms with E-state index >= 15 is 0 Å². The molecule has 0 atom stereocenters. The quantitative estimate of drug-likeness (QED) is 0.573. The average molecular weight is 415 g/mol. The summed E-state index contributed by atoms with van der Waals surface area (Å²) in [6, 6.07) is 18.4. The van der Waals surface area contributed by atoms with Crippen LogP contribution in [0.15, 0.2) is 64.2 Å². The van der Waals surface area contributed by atoms with Gasteiger partial charge in [0.1, 0.15) is 6.54 Å². The molecule has 0 saturated carbocycles. The predicted octanol–water partition coefficient (Wildman–Crippen LogP) is 2.78. The molecule has 1 amide bonds. The zero-order valence-corrected chi connectivity index (χ0v) is 16.6. The number of rotatable bonds is 5. The maximum absolute atomic E-state index is 12.4. The highest BCUT2D eigenvalue weighted by Gasteiger charge is 2.27. The highest BCUT2D eigenvalue weighted by Crippen LogP contribution is 2.12. The lowest BCUT2D eigenvalue weighted by Crippen LogP contribution is -3.11. The van der Waals surface area contributed by atoms with E-state index in [4.69, 9.17) is 0 Å². The third-order valence-corrected chi connectivity index (χ3v) is 5.48. The topological polar surface area (TPSA) is 45.9 Å². The Kier molecular flexibility index (Phi) is 6.58. The first-order chi connectivity index (χ1) is 12.6. The molecule has 0 unspecified atom stereocenters. The Labute approximate surface area is 163 Å². The van der Waals surface area contributed by atoms with Gasteiger partial charge < -0.3 is 4.90 Å². The van der Waals surface area contributed by atoms with Crippen molar-refractivity contribution in [1.29, 1.82) is 0 Å². The molecule has 136 valence electrons. The molecule has 1 fully saturated rings. The summed E-state index contributed by atoms with van der Waals surface area (Å²) in [4.78, 5) is 13.9. The van der Waals surface area contributed by atoms with Crippen molar-refractivity contribution in [3.63, 3.8) is 0 Å². The lowest BCUT2D eigenvalue weighted by molar-refractivity contribution is -0.919. The van der Waals surface area contributed by atoms with Crippen LogP contribution in [0.5, 0.6) is 0 Å². The first-order valence-corrected chi connectivity index (χ1v) is 9.88. The second kappa shape index (κ2) is 9.10. The van der Waals surface area contributed by atoms with Gasteiger partial charge >= 0.3 is 0 Å². The first-order valence-electron chi connectivity index (χ1n) is 9.09. The number of quaternary nitrogens is 1. The molecule has 26 heavy (non-hydrogen) atoms. The Morgan fingerprint density at radius 1 is 1.12 bits per heavy atom. The van der Waals surface area contributed by atoms with Gasteiger partial charge in [-0.25, -0.2) is 5.43 Å². The number of nitrogens with zero attached hydrogens (tertiary/aromatic N) is 1. The monoisotopic (exact) mass is 414 g/mol. The van der Waals surface area contributed by atoms with E-state index in [2.05, 4.69) is 50.7 Å². The van der Waals surface area contributed by atoms with Crippen LogP contribution in [-0.4, -0.2) is 24.7 Å². The number of carbonyl (C=O) groups is 1. The van der Waals surface area contributed by atoms with Gasteiger partial charge in [-0.05, 0) is 24.6 Å². The fraction of sp³-hybridized carbons (Fsp3) is 0.333. The Bertz CT molecular complexity index is 751. The van der Waals surface area contributed by atoms with Crippen molar-refractivity contribution in [3.05, 3.63) is 70.2 Å². The van der Waals surface area contributed by atoms with Crippen LogP contribution in [0.4, 0.5) is 0 Å². The molecular formula is C21H25BrN3O+. The minimum absolute atomic E-state index is 0.0444. The lowest BCUT2D eigenvalue weighted by atomic mass is 9.96. The van der Waals surface area contributed by atoms with Crippen LogP contribution >= 0.6 is 15.9 Å². The van der Waals surface area contributed by atoms with E-state index in [9.17, 15) is 4.79 Å². The zero-order chi connectivity index (χ0) is 18.4. The fourth-order valence-electron chi connectivity index (χ4n) is 3.33. The molecule has 0 radical (unpaired) electrons. The number of hydrazone groups is 1. The molecule has 1 aliphatic heterocycles. The van der Waals surface area contributed by atoms with E-state index in [1.807, 2.05) is 37.3 Å². The first kappa shape index (κ1) is 18.8. The SMILES string of the molecule is C/C(=N/NC(=O)C1CC[NH+](Cc2ccc(Br)cc2)CC1)c1ccccc1. The molecule has 5 heteroatoms. The summed E-state index contributed by atoms with van der Waals surface area (Å²) in [5.41, 5.74) is 5.96. The van der Waals surface area contributed by atoms with Crippen LogP contribution in [-0.2, 0) is 11.3 Å². The lowest BCUT2D eigenvalue weighted by Gasteiger charge is -2.28. The van der Waals surface area contributed by atoms with Gasteiger partial charge in [-0.15, -0.1) is 0 Å². The normalized spacial score (nSPS) is 20.6. The van der Waals surface area contributed by atoms with E-state index in [1.54, 1.807) is 4.90 Å². The minimum atomic E-state index is 0.0444. The number of likely N-dealkylation sites (tertiary alicyclic amines) is 1. The Balaban J connectivity index is 1.47. The van der Waals surface area contributed by atoms with Crippen molar-refractivity contribution < 1.29 is 9.69 Å². The molecule has 1 heterocycles. The maximum Gasteiger partial charge on any atom is 0.243 e. The largest absolute Gasteiger partial charge is 0.331 e. The molecule has 2 N–H and O–H groups in total. The van der Waals surface area contributed by atoms with Crippen molar-refractivity contribution in [2.75, 3.05) is 13.1 Å².